The lowest BCUT2D eigenvalue weighted by Crippen LogP contribution is -2.31. The van der Waals surface area contributed by atoms with Gasteiger partial charge in [0, 0.05) is 24.0 Å². The summed E-state index contributed by atoms with van der Waals surface area (Å²) in [5.41, 5.74) is -0.249. The van der Waals surface area contributed by atoms with Crippen molar-refractivity contribution >= 4 is 21.6 Å². The van der Waals surface area contributed by atoms with E-state index in [9.17, 15) is 14.9 Å². The number of hydrogen-bond donors (Lipinski definition) is 0. The van der Waals surface area contributed by atoms with E-state index < -0.39 is 4.92 Å². The summed E-state index contributed by atoms with van der Waals surface area (Å²) < 4.78 is 1.41. The van der Waals surface area contributed by atoms with Gasteiger partial charge >= 0.3 is 0 Å². The van der Waals surface area contributed by atoms with E-state index in [2.05, 4.69) is 36.7 Å². The second-order valence-electron chi connectivity index (χ2n) is 5.35. The van der Waals surface area contributed by atoms with Gasteiger partial charge in [0.05, 0.1) is 11.1 Å². The van der Waals surface area contributed by atoms with E-state index in [1.807, 2.05) is 0 Å². The van der Waals surface area contributed by atoms with Crippen molar-refractivity contribution in [2.45, 2.75) is 27.3 Å². The van der Waals surface area contributed by atoms with Gasteiger partial charge in [0.25, 0.3) is 11.2 Å². The zero-order valence-corrected chi connectivity index (χ0v) is 12.3. The highest BCUT2D eigenvalue weighted by Crippen LogP contribution is 2.28. The molecule has 0 N–H and O–H groups in total. The quantitative estimate of drug-likeness (QED) is 0.487. The second kappa shape index (κ2) is 5.65. The van der Waals surface area contributed by atoms with E-state index in [1.54, 1.807) is 0 Å². The third kappa shape index (κ3) is 3.66. The fourth-order valence-corrected chi connectivity index (χ4v) is 2.74. The van der Waals surface area contributed by atoms with Crippen molar-refractivity contribution in [2.75, 3.05) is 5.33 Å². The van der Waals surface area contributed by atoms with E-state index in [-0.39, 0.29) is 22.6 Å². The molecule has 1 aromatic rings. The van der Waals surface area contributed by atoms with Gasteiger partial charge in [-0.15, -0.1) is 0 Å². The van der Waals surface area contributed by atoms with Crippen LogP contribution in [-0.4, -0.2) is 14.8 Å². The number of pyridine rings is 1. The fraction of sp³-hybridized carbons (Fsp3) is 0.583. The molecular weight excluding hydrogens is 300 g/mol. The van der Waals surface area contributed by atoms with E-state index in [4.69, 9.17) is 0 Å². The maximum absolute atomic E-state index is 11.7. The summed E-state index contributed by atoms with van der Waals surface area (Å²) in [5.74, 6) is 0.220. The molecule has 0 bridgehead atoms. The third-order valence-corrected chi connectivity index (χ3v) is 3.79. The van der Waals surface area contributed by atoms with Gasteiger partial charge in [-0.1, -0.05) is 36.7 Å². The molecule has 18 heavy (non-hydrogen) atoms. The zero-order chi connectivity index (χ0) is 13.9. The largest absolute Gasteiger partial charge is 0.309 e. The Labute approximate surface area is 114 Å². The summed E-state index contributed by atoms with van der Waals surface area (Å²) in [7, 11) is 0. The van der Waals surface area contributed by atoms with Crippen molar-refractivity contribution in [1.82, 2.24) is 4.57 Å². The predicted molar refractivity (Wildman–Crippen MR) is 74.1 cm³/mol. The Bertz CT molecular complexity index is 491. The van der Waals surface area contributed by atoms with Crippen LogP contribution < -0.4 is 5.56 Å². The summed E-state index contributed by atoms with van der Waals surface area (Å²) in [5, 5.41) is 11.4. The van der Waals surface area contributed by atoms with Gasteiger partial charge in [0.15, 0.2) is 0 Å². The Morgan fingerprint density at radius 1 is 1.44 bits per heavy atom. The Kier molecular flexibility index (Phi) is 4.67. The van der Waals surface area contributed by atoms with Crippen LogP contribution in [0.25, 0.3) is 0 Å². The molecule has 100 valence electrons. The van der Waals surface area contributed by atoms with Gasteiger partial charge in [0.1, 0.15) is 0 Å². The van der Waals surface area contributed by atoms with Crippen LogP contribution in [0.2, 0.25) is 0 Å². The number of nitrogens with zero attached hydrogens (tertiary/aromatic N) is 2. The molecule has 0 spiro atoms. The first-order valence-electron chi connectivity index (χ1n) is 5.66. The summed E-state index contributed by atoms with van der Waals surface area (Å²) in [4.78, 5) is 21.9. The fourth-order valence-electron chi connectivity index (χ4n) is 1.56. The molecule has 0 aromatic carbocycles. The van der Waals surface area contributed by atoms with Crippen molar-refractivity contribution in [3.8, 4) is 0 Å². The van der Waals surface area contributed by atoms with Gasteiger partial charge in [0.2, 0.25) is 0 Å². The standard InChI is InChI=1S/C12H17BrN2O3/c1-12(2,3)9(6-13)7-14-8-10(15(17)18)4-5-11(14)16/h4-5,8-9H,6-7H2,1-3H3. The van der Waals surface area contributed by atoms with Crippen LogP contribution in [0.5, 0.6) is 0 Å². The Morgan fingerprint density at radius 2 is 2.06 bits per heavy atom. The topological polar surface area (TPSA) is 65.1 Å². The smallest absolute Gasteiger partial charge is 0.285 e. The SMILES string of the molecule is CC(C)(C)C(CBr)Cn1cc([N+](=O)[O-])ccc1=O. The average Bonchev–Trinajstić information content (AvgIpc) is 2.25. The molecule has 0 radical (unpaired) electrons. The Morgan fingerprint density at radius 3 is 2.50 bits per heavy atom. The van der Waals surface area contributed by atoms with Crippen LogP contribution in [0, 0.1) is 21.4 Å². The van der Waals surface area contributed by atoms with Gasteiger partial charge < -0.3 is 4.57 Å². The third-order valence-electron chi connectivity index (χ3n) is 3.01. The molecule has 1 aromatic heterocycles. The highest BCUT2D eigenvalue weighted by Gasteiger charge is 2.24. The van der Waals surface area contributed by atoms with Crippen molar-refractivity contribution < 1.29 is 4.92 Å². The highest BCUT2D eigenvalue weighted by atomic mass is 79.9. The van der Waals surface area contributed by atoms with Gasteiger partial charge in [-0.25, -0.2) is 0 Å². The molecule has 0 saturated heterocycles. The number of hydrogen-bond acceptors (Lipinski definition) is 3. The summed E-state index contributed by atoms with van der Waals surface area (Å²) in [6.45, 7) is 6.72. The minimum Gasteiger partial charge on any atom is -0.309 e. The van der Waals surface area contributed by atoms with Crippen LogP contribution in [0.1, 0.15) is 20.8 Å². The number of rotatable bonds is 4. The van der Waals surface area contributed by atoms with Crippen LogP contribution >= 0.6 is 15.9 Å². The van der Waals surface area contributed by atoms with Crippen molar-refractivity contribution in [1.29, 1.82) is 0 Å². The molecular formula is C12H17BrN2O3. The molecule has 0 saturated carbocycles. The number of alkyl halides is 1. The van der Waals surface area contributed by atoms with Crippen molar-refractivity contribution in [3.05, 3.63) is 38.8 Å². The van der Waals surface area contributed by atoms with E-state index in [1.165, 1.54) is 22.9 Å². The second-order valence-corrected chi connectivity index (χ2v) is 6.00. The molecule has 0 aliphatic heterocycles. The normalized spacial score (nSPS) is 13.3. The first kappa shape index (κ1) is 14.9. The molecule has 1 unspecified atom stereocenters. The lowest BCUT2D eigenvalue weighted by atomic mass is 9.82. The maximum atomic E-state index is 11.7. The summed E-state index contributed by atoms with van der Waals surface area (Å²) >= 11 is 3.43. The average molecular weight is 317 g/mol. The summed E-state index contributed by atoms with van der Waals surface area (Å²) in [6.07, 6.45) is 1.31. The molecule has 6 heteroatoms. The first-order chi connectivity index (χ1) is 8.25. The van der Waals surface area contributed by atoms with Gasteiger partial charge in [-0.3, -0.25) is 14.9 Å². The molecule has 1 heterocycles. The van der Waals surface area contributed by atoms with E-state index in [0.29, 0.717) is 6.54 Å². The highest BCUT2D eigenvalue weighted by molar-refractivity contribution is 9.09. The summed E-state index contributed by atoms with van der Waals surface area (Å²) in [6, 6.07) is 2.48. The monoisotopic (exact) mass is 316 g/mol. The van der Waals surface area contributed by atoms with Gasteiger partial charge in [-0.2, -0.15) is 0 Å². The molecule has 0 fully saturated rings. The van der Waals surface area contributed by atoms with Crippen LogP contribution in [0.3, 0.4) is 0 Å². The van der Waals surface area contributed by atoms with Crippen LogP contribution in [0.15, 0.2) is 23.1 Å². The molecule has 1 rings (SSSR count). The number of halogens is 1. The molecule has 0 amide bonds. The van der Waals surface area contributed by atoms with Crippen LogP contribution in [0.4, 0.5) is 5.69 Å². The molecule has 0 aliphatic carbocycles. The maximum Gasteiger partial charge on any atom is 0.285 e. The number of aromatic nitrogens is 1. The zero-order valence-electron chi connectivity index (χ0n) is 10.7. The minimum absolute atomic E-state index is 0.0214. The van der Waals surface area contributed by atoms with Crippen LogP contribution in [-0.2, 0) is 6.54 Å². The lowest BCUT2D eigenvalue weighted by molar-refractivity contribution is -0.385. The number of nitro groups is 1. The first-order valence-corrected chi connectivity index (χ1v) is 6.78. The van der Waals surface area contributed by atoms with E-state index >= 15 is 0 Å². The lowest BCUT2D eigenvalue weighted by Gasteiger charge is -2.29. The predicted octanol–water partition coefficient (Wildman–Crippen LogP) is 2.81. The van der Waals surface area contributed by atoms with Crippen molar-refractivity contribution in [2.24, 2.45) is 11.3 Å². The molecule has 0 aliphatic rings. The van der Waals surface area contributed by atoms with E-state index in [0.717, 1.165) is 5.33 Å². The van der Waals surface area contributed by atoms with Gasteiger partial charge in [-0.05, 0) is 11.3 Å². The Hall–Kier alpha value is -1.17. The molecule has 1 atom stereocenters. The molecule has 5 nitrogen and oxygen atoms in total. The van der Waals surface area contributed by atoms with Crippen molar-refractivity contribution in [3.63, 3.8) is 0 Å². The Balaban J connectivity index is 3.06. The minimum atomic E-state index is -0.490.